The predicted octanol–water partition coefficient (Wildman–Crippen LogP) is 1.71. The first kappa shape index (κ1) is 12.4. The van der Waals surface area contributed by atoms with Crippen molar-refractivity contribution in [2.24, 2.45) is 7.05 Å². The van der Waals surface area contributed by atoms with Gasteiger partial charge in [-0.15, -0.1) is 12.3 Å². The molecule has 0 saturated carbocycles. The predicted molar refractivity (Wildman–Crippen MR) is 64.6 cm³/mol. The van der Waals surface area contributed by atoms with Crippen LogP contribution in [0, 0.1) is 30.6 Å². The van der Waals surface area contributed by atoms with Crippen molar-refractivity contribution >= 4 is 0 Å². The Morgan fingerprint density at radius 1 is 1.62 bits per heavy atom. The molecule has 16 heavy (non-hydrogen) atoms. The lowest BCUT2D eigenvalue weighted by Gasteiger charge is -2.10. The molecule has 0 amide bonds. The van der Waals surface area contributed by atoms with E-state index in [1.807, 2.05) is 24.6 Å². The summed E-state index contributed by atoms with van der Waals surface area (Å²) in [5, 5.41) is 12.2. The van der Waals surface area contributed by atoms with Gasteiger partial charge in [0.1, 0.15) is 11.8 Å². The number of rotatable bonds is 4. The molecular formula is C13H17N3. The van der Waals surface area contributed by atoms with Crippen LogP contribution in [0.15, 0.2) is 6.07 Å². The molecule has 1 aromatic heterocycles. The number of nitrogens with zero attached hydrogens (tertiary/aromatic N) is 2. The van der Waals surface area contributed by atoms with Gasteiger partial charge in [-0.25, -0.2) is 0 Å². The van der Waals surface area contributed by atoms with E-state index in [9.17, 15) is 0 Å². The van der Waals surface area contributed by atoms with E-state index in [1.165, 1.54) is 0 Å². The van der Waals surface area contributed by atoms with Crippen molar-refractivity contribution in [3.05, 3.63) is 23.0 Å². The molecule has 1 atom stereocenters. The first-order valence-electron chi connectivity index (χ1n) is 5.32. The first-order valence-corrected chi connectivity index (χ1v) is 5.32. The summed E-state index contributed by atoms with van der Waals surface area (Å²) in [7, 11) is 1.91. The van der Waals surface area contributed by atoms with E-state index in [0.29, 0.717) is 11.7 Å². The molecule has 0 aliphatic rings. The van der Waals surface area contributed by atoms with Gasteiger partial charge in [-0.05, 0) is 25.5 Å². The van der Waals surface area contributed by atoms with Gasteiger partial charge in [-0.3, -0.25) is 0 Å². The summed E-state index contributed by atoms with van der Waals surface area (Å²) >= 11 is 0. The van der Waals surface area contributed by atoms with E-state index >= 15 is 0 Å². The molecule has 3 heteroatoms. The number of terminal acetylenes is 1. The second kappa shape index (κ2) is 5.39. The van der Waals surface area contributed by atoms with Gasteiger partial charge in [0.15, 0.2) is 0 Å². The summed E-state index contributed by atoms with van der Waals surface area (Å²) in [6, 6.07) is 4.39. The highest BCUT2D eigenvalue weighted by molar-refractivity contribution is 5.34. The molecule has 1 heterocycles. The Labute approximate surface area is 97.1 Å². The van der Waals surface area contributed by atoms with Gasteiger partial charge >= 0.3 is 0 Å². The molecule has 0 aliphatic carbocycles. The van der Waals surface area contributed by atoms with Gasteiger partial charge in [0, 0.05) is 31.7 Å². The van der Waals surface area contributed by atoms with E-state index in [0.717, 1.165) is 24.2 Å². The van der Waals surface area contributed by atoms with Crippen molar-refractivity contribution in [3.8, 4) is 18.4 Å². The van der Waals surface area contributed by atoms with E-state index in [2.05, 4.69) is 24.2 Å². The SMILES string of the molecule is C#CCC(C)NCc1cc(C#N)n(C)c1C. The van der Waals surface area contributed by atoms with Crippen molar-refractivity contribution in [2.45, 2.75) is 32.9 Å². The fourth-order valence-electron chi connectivity index (χ4n) is 1.58. The monoisotopic (exact) mass is 215 g/mol. The molecule has 0 bridgehead atoms. The van der Waals surface area contributed by atoms with Crippen LogP contribution in [-0.4, -0.2) is 10.6 Å². The zero-order valence-electron chi connectivity index (χ0n) is 10.0. The number of nitrogens with one attached hydrogen (secondary N) is 1. The van der Waals surface area contributed by atoms with Gasteiger partial charge in [0.05, 0.1) is 0 Å². The van der Waals surface area contributed by atoms with Crippen molar-refractivity contribution in [3.63, 3.8) is 0 Å². The van der Waals surface area contributed by atoms with Crippen LogP contribution in [0.5, 0.6) is 0 Å². The van der Waals surface area contributed by atoms with E-state index < -0.39 is 0 Å². The number of hydrogen-bond donors (Lipinski definition) is 1. The number of nitriles is 1. The first-order chi connectivity index (χ1) is 7.60. The minimum atomic E-state index is 0.301. The van der Waals surface area contributed by atoms with Crippen molar-refractivity contribution in [2.75, 3.05) is 0 Å². The highest BCUT2D eigenvalue weighted by atomic mass is 15.0. The maximum absolute atomic E-state index is 8.90. The third-order valence-electron chi connectivity index (χ3n) is 2.82. The summed E-state index contributed by atoms with van der Waals surface area (Å²) in [5.41, 5.74) is 2.97. The second-order valence-electron chi connectivity index (χ2n) is 4.00. The Hall–Kier alpha value is -1.71. The molecule has 3 nitrogen and oxygen atoms in total. The van der Waals surface area contributed by atoms with E-state index in [1.54, 1.807) is 0 Å². The minimum absolute atomic E-state index is 0.301. The smallest absolute Gasteiger partial charge is 0.120 e. The third kappa shape index (κ3) is 2.66. The van der Waals surface area contributed by atoms with Crippen LogP contribution < -0.4 is 5.32 Å². The lowest BCUT2D eigenvalue weighted by atomic mass is 10.2. The van der Waals surface area contributed by atoms with Crippen LogP contribution in [0.4, 0.5) is 0 Å². The van der Waals surface area contributed by atoms with Crippen LogP contribution >= 0.6 is 0 Å². The Kier molecular flexibility index (Phi) is 4.17. The molecule has 0 saturated heterocycles. The number of hydrogen-bond acceptors (Lipinski definition) is 2. The normalized spacial score (nSPS) is 11.8. The van der Waals surface area contributed by atoms with Crippen LogP contribution in [0.1, 0.15) is 30.3 Å². The average Bonchev–Trinajstić information content (AvgIpc) is 2.54. The Morgan fingerprint density at radius 2 is 2.31 bits per heavy atom. The Morgan fingerprint density at radius 3 is 2.81 bits per heavy atom. The van der Waals surface area contributed by atoms with Crippen LogP contribution in [0.25, 0.3) is 0 Å². The molecule has 1 unspecified atom stereocenters. The summed E-state index contributed by atoms with van der Waals surface area (Å²) in [4.78, 5) is 0. The summed E-state index contributed by atoms with van der Waals surface area (Å²) < 4.78 is 1.91. The maximum atomic E-state index is 8.90. The van der Waals surface area contributed by atoms with Gasteiger partial charge in [-0.1, -0.05) is 0 Å². The third-order valence-corrected chi connectivity index (χ3v) is 2.82. The zero-order chi connectivity index (χ0) is 12.1. The standard InChI is InChI=1S/C13H17N3/c1-5-6-10(2)15-9-12-7-13(8-14)16(4)11(12)3/h1,7,10,15H,6,9H2,2-4H3. The molecule has 0 fully saturated rings. The summed E-state index contributed by atoms with van der Waals surface area (Å²) in [6.45, 7) is 4.83. The quantitative estimate of drug-likeness (QED) is 0.777. The summed E-state index contributed by atoms with van der Waals surface area (Å²) in [5.74, 6) is 2.63. The molecule has 0 aromatic carbocycles. The van der Waals surface area contributed by atoms with Gasteiger partial charge in [0.2, 0.25) is 0 Å². The molecule has 1 rings (SSSR count). The van der Waals surface area contributed by atoms with Crippen LogP contribution in [-0.2, 0) is 13.6 Å². The number of aromatic nitrogens is 1. The topological polar surface area (TPSA) is 40.8 Å². The molecular weight excluding hydrogens is 198 g/mol. The van der Waals surface area contributed by atoms with Gasteiger partial charge < -0.3 is 9.88 Å². The van der Waals surface area contributed by atoms with Gasteiger partial charge in [0.25, 0.3) is 0 Å². The maximum Gasteiger partial charge on any atom is 0.120 e. The molecule has 0 spiro atoms. The molecule has 0 radical (unpaired) electrons. The fourth-order valence-corrected chi connectivity index (χ4v) is 1.58. The highest BCUT2D eigenvalue weighted by Gasteiger charge is 2.09. The Balaban J connectivity index is 2.69. The van der Waals surface area contributed by atoms with Crippen LogP contribution in [0.2, 0.25) is 0 Å². The Bertz CT molecular complexity index is 443. The zero-order valence-corrected chi connectivity index (χ0v) is 10.0. The molecule has 84 valence electrons. The van der Waals surface area contributed by atoms with E-state index in [4.69, 9.17) is 11.7 Å². The fraction of sp³-hybridized carbons (Fsp3) is 0.462. The molecule has 1 N–H and O–H groups in total. The molecule has 0 aliphatic heterocycles. The second-order valence-corrected chi connectivity index (χ2v) is 4.00. The van der Waals surface area contributed by atoms with Crippen LogP contribution in [0.3, 0.4) is 0 Å². The highest BCUT2D eigenvalue weighted by Crippen LogP contribution is 2.13. The van der Waals surface area contributed by atoms with Crippen molar-refractivity contribution < 1.29 is 0 Å². The average molecular weight is 215 g/mol. The molecule has 1 aromatic rings. The van der Waals surface area contributed by atoms with Gasteiger partial charge in [-0.2, -0.15) is 5.26 Å². The van der Waals surface area contributed by atoms with Crippen molar-refractivity contribution in [1.29, 1.82) is 5.26 Å². The lowest BCUT2D eigenvalue weighted by Crippen LogP contribution is -2.25. The van der Waals surface area contributed by atoms with Crippen molar-refractivity contribution in [1.82, 2.24) is 9.88 Å². The van der Waals surface area contributed by atoms with E-state index in [-0.39, 0.29) is 0 Å². The minimum Gasteiger partial charge on any atom is -0.340 e. The summed E-state index contributed by atoms with van der Waals surface area (Å²) in [6.07, 6.45) is 5.96. The largest absolute Gasteiger partial charge is 0.340 e. The lowest BCUT2D eigenvalue weighted by molar-refractivity contribution is 0.557.